The summed E-state index contributed by atoms with van der Waals surface area (Å²) in [5.74, 6) is -2.36. The second-order valence-electron chi connectivity index (χ2n) is 5.14. The summed E-state index contributed by atoms with van der Waals surface area (Å²) < 4.78 is 4.75. The first kappa shape index (κ1) is 17.3. The number of hydrogen-bond acceptors (Lipinski definition) is 6. The molecule has 7 heteroatoms. The third kappa shape index (κ3) is 3.64. The SMILES string of the molecule is CC(C)(C)[C@@H]1C(C(=O)[O-])O[C@@H](O)[C@@H](O)C1O.[Na+]. The van der Waals surface area contributed by atoms with E-state index in [0.29, 0.717) is 0 Å². The van der Waals surface area contributed by atoms with Crippen molar-refractivity contribution in [2.45, 2.75) is 45.4 Å². The van der Waals surface area contributed by atoms with Gasteiger partial charge < -0.3 is 30.0 Å². The van der Waals surface area contributed by atoms with Gasteiger partial charge in [0, 0.05) is 5.92 Å². The Morgan fingerprint density at radius 2 is 1.65 bits per heavy atom. The Bertz CT molecular complexity index is 276. The molecule has 0 aromatic rings. The van der Waals surface area contributed by atoms with Crippen LogP contribution in [0.1, 0.15) is 20.8 Å². The number of aliphatic hydroxyl groups excluding tert-OH is 3. The van der Waals surface area contributed by atoms with Crippen LogP contribution in [0.4, 0.5) is 0 Å². The summed E-state index contributed by atoms with van der Waals surface area (Å²) in [5, 5.41) is 39.3. The van der Waals surface area contributed by atoms with E-state index in [4.69, 9.17) is 4.74 Å². The van der Waals surface area contributed by atoms with E-state index in [2.05, 4.69) is 0 Å². The van der Waals surface area contributed by atoms with Gasteiger partial charge in [-0.1, -0.05) is 20.8 Å². The van der Waals surface area contributed by atoms with Gasteiger partial charge in [0.1, 0.15) is 12.2 Å². The van der Waals surface area contributed by atoms with E-state index < -0.39 is 41.9 Å². The van der Waals surface area contributed by atoms with E-state index >= 15 is 0 Å². The zero-order valence-corrected chi connectivity index (χ0v) is 12.5. The van der Waals surface area contributed by atoms with Crippen LogP contribution >= 0.6 is 0 Å². The Morgan fingerprint density at radius 1 is 1.18 bits per heavy atom. The zero-order chi connectivity index (χ0) is 12.7. The van der Waals surface area contributed by atoms with Gasteiger partial charge in [0.2, 0.25) is 0 Å². The molecule has 0 saturated carbocycles. The average molecular weight is 256 g/mol. The number of aliphatic carboxylic acids is 1. The van der Waals surface area contributed by atoms with Crippen LogP contribution in [-0.2, 0) is 9.53 Å². The van der Waals surface area contributed by atoms with Crippen LogP contribution < -0.4 is 34.7 Å². The third-order valence-corrected chi connectivity index (χ3v) is 2.85. The molecular formula is C10H17NaO6. The molecule has 2 unspecified atom stereocenters. The molecule has 1 heterocycles. The number of ether oxygens (including phenoxy) is 1. The molecule has 0 aliphatic carbocycles. The number of aliphatic hydroxyl groups is 3. The van der Waals surface area contributed by atoms with Crippen molar-refractivity contribution in [1.82, 2.24) is 0 Å². The Balaban J connectivity index is 0.00000256. The van der Waals surface area contributed by atoms with Crippen LogP contribution in [0.3, 0.4) is 0 Å². The van der Waals surface area contributed by atoms with Gasteiger partial charge in [-0.05, 0) is 5.41 Å². The first-order valence-electron chi connectivity index (χ1n) is 5.06. The maximum Gasteiger partial charge on any atom is 1.00 e. The number of carboxylic acid groups (broad SMARTS) is 1. The van der Waals surface area contributed by atoms with Gasteiger partial charge in [-0.25, -0.2) is 0 Å². The van der Waals surface area contributed by atoms with Crippen molar-refractivity contribution in [3.8, 4) is 0 Å². The Hall–Kier alpha value is 0.310. The normalized spacial score (nSPS) is 38.4. The minimum atomic E-state index is -1.71. The summed E-state index contributed by atoms with van der Waals surface area (Å²) in [6.45, 7) is 5.14. The summed E-state index contributed by atoms with van der Waals surface area (Å²) in [7, 11) is 0. The Kier molecular flexibility index (Phi) is 6.08. The average Bonchev–Trinajstić information content (AvgIpc) is 2.10. The number of carboxylic acids is 1. The zero-order valence-electron chi connectivity index (χ0n) is 10.5. The summed E-state index contributed by atoms with van der Waals surface area (Å²) in [5.41, 5.74) is -0.606. The first-order valence-corrected chi connectivity index (χ1v) is 5.06. The molecule has 0 aromatic heterocycles. The van der Waals surface area contributed by atoms with E-state index in [1.807, 2.05) is 0 Å². The van der Waals surface area contributed by atoms with Crippen LogP contribution in [0, 0.1) is 11.3 Å². The van der Waals surface area contributed by atoms with Crippen LogP contribution in [0.25, 0.3) is 0 Å². The molecule has 0 aromatic carbocycles. The maximum atomic E-state index is 10.9. The maximum absolute atomic E-state index is 10.9. The van der Waals surface area contributed by atoms with Crippen LogP contribution in [-0.4, -0.2) is 45.9 Å². The van der Waals surface area contributed by atoms with Crippen LogP contribution in [0.5, 0.6) is 0 Å². The molecule has 0 radical (unpaired) electrons. The molecule has 0 amide bonds. The predicted octanol–water partition coefficient (Wildman–Crippen LogP) is -5.16. The minimum absolute atomic E-state index is 0. The molecule has 1 aliphatic heterocycles. The topological polar surface area (TPSA) is 110 Å². The van der Waals surface area contributed by atoms with Crippen molar-refractivity contribution in [1.29, 1.82) is 0 Å². The molecule has 1 saturated heterocycles. The summed E-state index contributed by atoms with van der Waals surface area (Å²) in [6, 6.07) is 0. The van der Waals surface area contributed by atoms with Crippen molar-refractivity contribution >= 4 is 5.97 Å². The predicted molar refractivity (Wildman–Crippen MR) is 50.8 cm³/mol. The molecule has 0 spiro atoms. The molecule has 1 fully saturated rings. The number of carbonyl (C=O) groups excluding carboxylic acids is 1. The Morgan fingerprint density at radius 3 is 2.00 bits per heavy atom. The van der Waals surface area contributed by atoms with E-state index in [9.17, 15) is 25.2 Å². The van der Waals surface area contributed by atoms with Gasteiger partial charge >= 0.3 is 29.6 Å². The van der Waals surface area contributed by atoms with Gasteiger partial charge in [-0.15, -0.1) is 0 Å². The molecule has 0 bridgehead atoms. The molecule has 1 aliphatic rings. The van der Waals surface area contributed by atoms with Crippen molar-refractivity contribution in [3.63, 3.8) is 0 Å². The standard InChI is InChI=1S/C10H18O6.Na/c1-10(2,3)4-5(11)6(12)9(15)16-7(4)8(13)14;/h4-7,9,11-12,15H,1-3H3,(H,13,14);/q;+1/p-1/t4-,5?,6-,7?,9+;/m0./s1. The van der Waals surface area contributed by atoms with Gasteiger partial charge in [-0.2, -0.15) is 0 Å². The van der Waals surface area contributed by atoms with Gasteiger partial charge in [-0.3, -0.25) is 0 Å². The molecular weight excluding hydrogens is 239 g/mol. The molecule has 3 N–H and O–H groups in total. The van der Waals surface area contributed by atoms with Crippen molar-refractivity contribution in [2.24, 2.45) is 11.3 Å². The fraction of sp³-hybridized carbons (Fsp3) is 0.900. The number of rotatable bonds is 1. The molecule has 1 rings (SSSR count). The third-order valence-electron chi connectivity index (χ3n) is 2.85. The monoisotopic (exact) mass is 256 g/mol. The largest absolute Gasteiger partial charge is 1.00 e. The van der Waals surface area contributed by atoms with Gasteiger partial charge in [0.25, 0.3) is 0 Å². The van der Waals surface area contributed by atoms with E-state index in [-0.39, 0.29) is 29.6 Å². The van der Waals surface area contributed by atoms with Crippen molar-refractivity contribution < 1.29 is 59.5 Å². The van der Waals surface area contributed by atoms with Gasteiger partial charge in [0.05, 0.1) is 12.1 Å². The van der Waals surface area contributed by atoms with Crippen LogP contribution in [0.15, 0.2) is 0 Å². The summed E-state index contributed by atoms with van der Waals surface area (Å²) >= 11 is 0. The second kappa shape index (κ2) is 5.97. The number of hydrogen-bond donors (Lipinski definition) is 3. The number of carbonyl (C=O) groups is 1. The fourth-order valence-corrected chi connectivity index (χ4v) is 2.04. The van der Waals surface area contributed by atoms with Crippen molar-refractivity contribution in [3.05, 3.63) is 0 Å². The molecule has 94 valence electrons. The molecule has 5 atom stereocenters. The smallest absolute Gasteiger partial charge is 0.547 e. The van der Waals surface area contributed by atoms with E-state index in [1.54, 1.807) is 20.8 Å². The Labute approximate surface area is 122 Å². The quantitative estimate of drug-likeness (QED) is 0.405. The molecule has 6 nitrogen and oxygen atoms in total. The first-order chi connectivity index (χ1) is 7.16. The van der Waals surface area contributed by atoms with E-state index in [0.717, 1.165) is 0 Å². The second-order valence-corrected chi connectivity index (χ2v) is 5.14. The van der Waals surface area contributed by atoms with E-state index in [1.165, 1.54) is 0 Å². The summed E-state index contributed by atoms with van der Waals surface area (Å²) in [4.78, 5) is 10.9. The minimum Gasteiger partial charge on any atom is -0.547 e. The van der Waals surface area contributed by atoms with Crippen molar-refractivity contribution in [2.75, 3.05) is 0 Å². The summed E-state index contributed by atoms with van der Waals surface area (Å²) in [6.07, 6.45) is -6.03. The van der Waals surface area contributed by atoms with Crippen LogP contribution in [0.2, 0.25) is 0 Å². The fourth-order valence-electron chi connectivity index (χ4n) is 2.04. The van der Waals surface area contributed by atoms with Gasteiger partial charge in [0.15, 0.2) is 6.29 Å². The molecule has 17 heavy (non-hydrogen) atoms.